The standard InChI is InChI=1S/C32H41N3O6S/c1-7-24(4)33-32(37)25(5)34(21-26-12-11-13-27(20-26)40-6)31(36)22-35(29-14-9-10-15-30(29)41-8-2)42(38,39)28-18-16-23(3)17-19-28/h9-20,24-25H,7-8,21-22H2,1-6H3,(H,33,37)/t24-,25+/m1/s1. The van der Waals surface area contributed by atoms with Crippen molar-refractivity contribution >= 4 is 27.5 Å². The number of carbonyl (C=O) groups is 2. The predicted octanol–water partition coefficient (Wildman–Crippen LogP) is 4.93. The zero-order valence-electron chi connectivity index (χ0n) is 25.2. The molecule has 10 heteroatoms. The molecule has 0 saturated carbocycles. The molecule has 0 bridgehead atoms. The highest BCUT2D eigenvalue weighted by atomic mass is 32.2. The lowest BCUT2D eigenvalue weighted by atomic mass is 10.1. The van der Waals surface area contributed by atoms with Crippen molar-refractivity contribution < 1.29 is 27.5 Å². The SMILES string of the molecule is CCOc1ccccc1N(CC(=O)N(Cc1cccc(OC)c1)[C@@H](C)C(=O)N[C@H](C)CC)S(=O)(=O)c1ccc(C)cc1. The summed E-state index contributed by atoms with van der Waals surface area (Å²) in [6.45, 7) is 8.97. The minimum absolute atomic E-state index is 0.0362. The molecule has 0 aromatic heterocycles. The molecule has 2 amide bonds. The Kier molecular flexibility index (Phi) is 11.4. The van der Waals surface area contributed by atoms with E-state index in [1.807, 2.05) is 26.8 Å². The Bertz CT molecular complexity index is 1460. The zero-order chi connectivity index (χ0) is 30.9. The van der Waals surface area contributed by atoms with Gasteiger partial charge in [-0.1, -0.05) is 48.9 Å². The summed E-state index contributed by atoms with van der Waals surface area (Å²) in [6.07, 6.45) is 0.721. The smallest absolute Gasteiger partial charge is 0.264 e. The van der Waals surface area contributed by atoms with Crippen molar-refractivity contribution in [2.45, 2.75) is 64.6 Å². The van der Waals surface area contributed by atoms with Crippen molar-refractivity contribution in [1.29, 1.82) is 0 Å². The maximum absolute atomic E-state index is 14.2. The molecule has 3 aromatic carbocycles. The first-order valence-electron chi connectivity index (χ1n) is 14.1. The van der Waals surface area contributed by atoms with E-state index < -0.39 is 28.5 Å². The average Bonchev–Trinajstić information content (AvgIpc) is 2.98. The maximum atomic E-state index is 14.2. The van der Waals surface area contributed by atoms with Crippen LogP contribution in [0.3, 0.4) is 0 Å². The molecule has 2 atom stereocenters. The van der Waals surface area contributed by atoms with Gasteiger partial charge in [0.1, 0.15) is 24.1 Å². The number of sulfonamides is 1. The van der Waals surface area contributed by atoms with Crippen LogP contribution in [0.15, 0.2) is 77.7 Å². The molecule has 0 aliphatic carbocycles. The number of methoxy groups -OCH3 is 1. The number of para-hydroxylation sites is 2. The van der Waals surface area contributed by atoms with Crippen LogP contribution in [0.25, 0.3) is 0 Å². The van der Waals surface area contributed by atoms with Crippen LogP contribution in [0.1, 0.15) is 45.2 Å². The maximum Gasteiger partial charge on any atom is 0.264 e. The number of benzene rings is 3. The summed E-state index contributed by atoms with van der Waals surface area (Å²) in [5.41, 5.74) is 1.86. The predicted molar refractivity (Wildman–Crippen MR) is 164 cm³/mol. The fourth-order valence-electron chi connectivity index (χ4n) is 4.31. The molecule has 9 nitrogen and oxygen atoms in total. The van der Waals surface area contributed by atoms with Crippen molar-refractivity contribution in [2.75, 3.05) is 24.6 Å². The lowest BCUT2D eigenvalue weighted by molar-refractivity contribution is -0.139. The Morgan fingerprint density at radius 3 is 2.29 bits per heavy atom. The van der Waals surface area contributed by atoms with Crippen molar-refractivity contribution in [2.24, 2.45) is 0 Å². The van der Waals surface area contributed by atoms with Crippen molar-refractivity contribution in [3.8, 4) is 11.5 Å². The van der Waals surface area contributed by atoms with E-state index >= 15 is 0 Å². The largest absolute Gasteiger partial charge is 0.497 e. The van der Waals surface area contributed by atoms with Crippen LogP contribution in [0.2, 0.25) is 0 Å². The van der Waals surface area contributed by atoms with Crippen LogP contribution in [0.5, 0.6) is 11.5 Å². The number of carbonyl (C=O) groups excluding carboxylic acids is 2. The van der Waals surface area contributed by atoms with Crippen LogP contribution in [0, 0.1) is 6.92 Å². The number of anilines is 1. The molecule has 0 saturated heterocycles. The van der Waals surface area contributed by atoms with Crippen LogP contribution in [-0.4, -0.2) is 57.5 Å². The van der Waals surface area contributed by atoms with Crippen molar-refractivity contribution in [1.82, 2.24) is 10.2 Å². The Balaban J connectivity index is 2.08. The second-order valence-corrected chi connectivity index (χ2v) is 12.0. The van der Waals surface area contributed by atoms with Gasteiger partial charge in [-0.15, -0.1) is 0 Å². The molecular weight excluding hydrogens is 554 g/mol. The van der Waals surface area contributed by atoms with E-state index in [0.717, 1.165) is 21.9 Å². The summed E-state index contributed by atoms with van der Waals surface area (Å²) < 4.78 is 40.4. The van der Waals surface area contributed by atoms with Crippen molar-refractivity contribution in [3.63, 3.8) is 0 Å². The van der Waals surface area contributed by atoms with Gasteiger partial charge in [-0.3, -0.25) is 13.9 Å². The summed E-state index contributed by atoms with van der Waals surface area (Å²) in [7, 11) is -2.66. The molecule has 0 aliphatic rings. The van der Waals surface area contributed by atoms with E-state index in [2.05, 4.69) is 5.32 Å². The zero-order valence-corrected chi connectivity index (χ0v) is 26.0. The van der Waals surface area contributed by atoms with E-state index in [4.69, 9.17) is 9.47 Å². The third-order valence-electron chi connectivity index (χ3n) is 6.98. The van der Waals surface area contributed by atoms with Gasteiger partial charge in [0, 0.05) is 12.6 Å². The number of hydrogen-bond acceptors (Lipinski definition) is 6. The third kappa shape index (κ3) is 8.03. The van der Waals surface area contributed by atoms with Gasteiger partial charge in [-0.05, 0) is 76.1 Å². The van der Waals surface area contributed by atoms with E-state index in [9.17, 15) is 18.0 Å². The normalized spacial score (nSPS) is 12.6. The van der Waals surface area contributed by atoms with Crippen LogP contribution < -0.4 is 19.1 Å². The number of ether oxygens (including phenoxy) is 2. The molecule has 42 heavy (non-hydrogen) atoms. The summed E-state index contributed by atoms with van der Waals surface area (Å²) in [4.78, 5) is 28.8. The highest BCUT2D eigenvalue weighted by Crippen LogP contribution is 2.33. The van der Waals surface area contributed by atoms with E-state index in [-0.39, 0.29) is 29.1 Å². The fraction of sp³-hybridized carbons (Fsp3) is 0.375. The molecule has 3 aromatic rings. The van der Waals surface area contributed by atoms with Crippen molar-refractivity contribution in [3.05, 3.63) is 83.9 Å². The van der Waals surface area contributed by atoms with Gasteiger partial charge in [0.25, 0.3) is 10.0 Å². The molecule has 0 heterocycles. The molecule has 0 spiro atoms. The fourth-order valence-corrected chi connectivity index (χ4v) is 5.73. The summed E-state index contributed by atoms with van der Waals surface area (Å²) in [5.74, 6) is 0.0473. The molecule has 0 unspecified atom stereocenters. The lowest BCUT2D eigenvalue weighted by Crippen LogP contribution is -2.52. The number of aryl methyl sites for hydroxylation is 1. The van der Waals surface area contributed by atoms with E-state index in [1.54, 1.807) is 75.6 Å². The summed E-state index contributed by atoms with van der Waals surface area (Å²) in [5, 5.41) is 2.94. The molecule has 0 fully saturated rings. The number of nitrogens with zero attached hydrogens (tertiary/aromatic N) is 2. The van der Waals surface area contributed by atoms with Gasteiger partial charge < -0.3 is 19.7 Å². The first-order valence-corrected chi connectivity index (χ1v) is 15.5. The second-order valence-electron chi connectivity index (χ2n) is 10.1. The molecule has 0 radical (unpaired) electrons. The molecule has 226 valence electrons. The summed E-state index contributed by atoms with van der Waals surface area (Å²) in [6, 6.07) is 19.4. The topological polar surface area (TPSA) is 105 Å². The Morgan fingerprint density at radius 1 is 0.952 bits per heavy atom. The lowest BCUT2D eigenvalue weighted by Gasteiger charge is -2.33. The van der Waals surface area contributed by atoms with E-state index in [1.165, 1.54) is 17.0 Å². The first kappa shape index (κ1) is 32.5. The van der Waals surface area contributed by atoms with Gasteiger partial charge in [0.2, 0.25) is 11.8 Å². The van der Waals surface area contributed by atoms with Gasteiger partial charge in [-0.2, -0.15) is 0 Å². The van der Waals surface area contributed by atoms with Crippen LogP contribution in [0.4, 0.5) is 5.69 Å². The molecule has 1 N–H and O–H groups in total. The highest BCUT2D eigenvalue weighted by Gasteiger charge is 2.34. The molecular formula is C32H41N3O6S. The van der Waals surface area contributed by atoms with E-state index in [0.29, 0.717) is 18.1 Å². The Morgan fingerprint density at radius 2 is 1.64 bits per heavy atom. The van der Waals surface area contributed by atoms with Gasteiger partial charge in [0.05, 0.1) is 24.3 Å². The second kappa shape index (κ2) is 14.7. The minimum atomic E-state index is -4.21. The Hall–Kier alpha value is -4.05. The Labute approximate surface area is 249 Å². The molecule has 3 rings (SSSR count). The quantitative estimate of drug-likeness (QED) is 0.283. The summed E-state index contributed by atoms with van der Waals surface area (Å²) >= 11 is 0. The number of rotatable bonds is 14. The molecule has 0 aliphatic heterocycles. The van der Waals surface area contributed by atoms with Crippen LogP contribution in [-0.2, 0) is 26.2 Å². The van der Waals surface area contributed by atoms with Gasteiger partial charge in [-0.25, -0.2) is 8.42 Å². The third-order valence-corrected chi connectivity index (χ3v) is 8.75. The number of nitrogens with one attached hydrogen (secondary N) is 1. The van der Waals surface area contributed by atoms with Gasteiger partial charge >= 0.3 is 0 Å². The average molecular weight is 596 g/mol. The first-order chi connectivity index (χ1) is 20.0. The number of amides is 2. The number of hydrogen-bond donors (Lipinski definition) is 1. The van der Waals surface area contributed by atoms with Gasteiger partial charge in [0.15, 0.2) is 0 Å². The monoisotopic (exact) mass is 595 g/mol. The highest BCUT2D eigenvalue weighted by molar-refractivity contribution is 7.92. The minimum Gasteiger partial charge on any atom is -0.497 e. The van der Waals surface area contributed by atoms with Crippen LogP contribution >= 0.6 is 0 Å².